The number of rotatable bonds is 10. The van der Waals surface area contributed by atoms with Crippen molar-refractivity contribution in [2.24, 2.45) is 0 Å². The van der Waals surface area contributed by atoms with E-state index in [1.807, 2.05) is 67.6 Å². The van der Waals surface area contributed by atoms with Crippen LogP contribution in [0.3, 0.4) is 0 Å². The average Bonchev–Trinajstić information content (AvgIpc) is 3.13. The van der Waals surface area contributed by atoms with E-state index in [4.69, 9.17) is 25.8 Å². The Balaban J connectivity index is 1.46. The normalized spacial score (nSPS) is 14.4. The third-order valence-electron chi connectivity index (χ3n) is 5.13. The molecule has 9 heteroatoms. The summed E-state index contributed by atoms with van der Waals surface area (Å²) in [6.45, 7) is 3.04. The minimum absolute atomic E-state index is 0.169. The monoisotopic (exact) mass is 587 g/mol. The highest BCUT2D eigenvalue weighted by Gasteiger charge is 2.35. The Hall–Kier alpha value is -2.94. The van der Waals surface area contributed by atoms with Gasteiger partial charge in [0.2, 0.25) is 0 Å². The Morgan fingerprint density at radius 3 is 2.47 bits per heavy atom. The maximum atomic E-state index is 12.9. The summed E-state index contributed by atoms with van der Waals surface area (Å²) in [5.41, 5.74) is 1.66. The highest BCUT2D eigenvalue weighted by atomic mass is 79.9. The number of carbonyl (C=O) groups excluding carboxylic acids is 2. The molecule has 2 amide bonds. The zero-order valence-corrected chi connectivity index (χ0v) is 22.6. The minimum atomic E-state index is -0.348. The second-order valence-electron chi connectivity index (χ2n) is 7.67. The summed E-state index contributed by atoms with van der Waals surface area (Å²) in [5, 5.41) is 0.336. The summed E-state index contributed by atoms with van der Waals surface area (Å²) >= 11 is 10.4. The van der Waals surface area contributed by atoms with E-state index in [0.717, 1.165) is 17.3 Å². The van der Waals surface area contributed by atoms with Crippen molar-refractivity contribution in [3.63, 3.8) is 0 Å². The van der Waals surface area contributed by atoms with Gasteiger partial charge in [0.15, 0.2) is 11.5 Å². The van der Waals surface area contributed by atoms with Gasteiger partial charge >= 0.3 is 0 Å². The van der Waals surface area contributed by atoms with Gasteiger partial charge in [-0.25, -0.2) is 0 Å². The molecule has 0 radical (unpaired) electrons. The molecule has 1 heterocycles. The van der Waals surface area contributed by atoms with Crippen molar-refractivity contribution in [2.75, 3.05) is 19.8 Å². The first-order valence-electron chi connectivity index (χ1n) is 11.2. The van der Waals surface area contributed by atoms with Gasteiger partial charge in [-0.15, -0.1) is 0 Å². The van der Waals surface area contributed by atoms with Crippen molar-refractivity contribution in [1.82, 2.24) is 4.90 Å². The molecule has 186 valence electrons. The van der Waals surface area contributed by atoms with Gasteiger partial charge in [0, 0.05) is 5.02 Å². The Morgan fingerprint density at radius 2 is 1.75 bits per heavy atom. The zero-order valence-electron chi connectivity index (χ0n) is 19.4. The highest BCUT2D eigenvalue weighted by Crippen LogP contribution is 2.39. The molecule has 0 spiro atoms. The lowest BCUT2D eigenvalue weighted by molar-refractivity contribution is -0.123. The van der Waals surface area contributed by atoms with E-state index in [9.17, 15) is 9.59 Å². The molecule has 3 aromatic carbocycles. The van der Waals surface area contributed by atoms with E-state index in [1.54, 1.807) is 12.1 Å². The fourth-order valence-electron chi connectivity index (χ4n) is 3.43. The second kappa shape index (κ2) is 12.3. The SMILES string of the molecule is CCOc1cc(/C=C2\SC(=O)N(CCOc3ccccc3)C2=O)cc(Br)c1OCc1ccc(Cl)cc1. The third-order valence-corrected chi connectivity index (χ3v) is 6.87. The van der Waals surface area contributed by atoms with Gasteiger partial charge in [-0.3, -0.25) is 14.5 Å². The van der Waals surface area contributed by atoms with Crippen LogP contribution in [0.25, 0.3) is 6.08 Å². The molecule has 6 nitrogen and oxygen atoms in total. The summed E-state index contributed by atoms with van der Waals surface area (Å²) in [5.74, 6) is 1.42. The van der Waals surface area contributed by atoms with Crippen LogP contribution < -0.4 is 14.2 Å². The number of thioether (sulfide) groups is 1. The molecule has 1 aliphatic heterocycles. The quantitative estimate of drug-likeness (QED) is 0.234. The number of carbonyl (C=O) groups is 2. The molecule has 0 unspecified atom stereocenters. The van der Waals surface area contributed by atoms with Gasteiger partial charge < -0.3 is 14.2 Å². The molecule has 4 rings (SSSR count). The predicted octanol–water partition coefficient (Wildman–Crippen LogP) is 7.20. The Kier molecular flexibility index (Phi) is 8.96. The topological polar surface area (TPSA) is 65.1 Å². The summed E-state index contributed by atoms with van der Waals surface area (Å²) in [4.78, 5) is 26.9. The van der Waals surface area contributed by atoms with Crippen LogP contribution in [0.5, 0.6) is 17.2 Å². The Morgan fingerprint density at radius 1 is 1.00 bits per heavy atom. The zero-order chi connectivity index (χ0) is 25.5. The number of para-hydroxylation sites is 1. The largest absolute Gasteiger partial charge is 0.492 e. The molecule has 0 aromatic heterocycles. The van der Waals surface area contributed by atoms with Crippen molar-refractivity contribution < 1.29 is 23.8 Å². The molecule has 1 fully saturated rings. The molecule has 0 aliphatic carbocycles. The number of nitrogens with zero attached hydrogens (tertiary/aromatic N) is 1. The number of hydrogen-bond donors (Lipinski definition) is 0. The molecule has 1 saturated heterocycles. The van der Waals surface area contributed by atoms with Crippen LogP contribution >= 0.6 is 39.3 Å². The third kappa shape index (κ3) is 6.63. The first-order valence-corrected chi connectivity index (χ1v) is 13.2. The van der Waals surface area contributed by atoms with E-state index in [1.165, 1.54) is 4.90 Å². The van der Waals surface area contributed by atoms with Crippen LogP contribution in [-0.4, -0.2) is 35.8 Å². The van der Waals surface area contributed by atoms with Gasteiger partial charge in [0.1, 0.15) is 19.0 Å². The molecular weight excluding hydrogens is 566 g/mol. The Bertz CT molecular complexity index is 1270. The van der Waals surface area contributed by atoms with E-state index < -0.39 is 0 Å². The smallest absolute Gasteiger partial charge is 0.293 e. The van der Waals surface area contributed by atoms with E-state index in [0.29, 0.717) is 50.4 Å². The molecule has 0 bridgehead atoms. The number of ether oxygens (including phenoxy) is 3. The fraction of sp³-hybridized carbons (Fsp3) is 0.185. The number of amides is 2. The lowest BCUT2D eigenvalue weighted by atomic mass is 10.1. The molecular formula is C27H23BrClNO5S. The summed E-state index contributed by atoms with van der Waals surface area (Å²) in [6, 6.07) is 20.3. The summed E-state index contributed by atoms with van der Waals surface area (Å²) in [6.07, 6.45) is 1.68. The van der Waals surface area contributed by atoms with Crippen LogP contribution in [0.2, 0.25) is 5.02 Å². The van der Waals surface area contributed by atoms with E-state index in [-0.39, 0.29) is 24.3 Å². The van der Waals surface area contributed by atoms with Crippen molar-refractivity contribution in [3.05, 3.63) is 92.3 Å². The first kappa shape index (κ1) is 26.1. The van der Waals surface area contributed by atoms with Crippen LogP contribution in [0.15, 0.2) is 76.1 Å². The minimum Gasteiger partial charge on any atom is -0.492 e. The first-order chi connectivity index (χ1) is 17.4. The van der Waals surface area contributed by atoms with Crippen LogP contribution in [-0.2, 0) is 11.4 Å². The second-order valence-corrected chi connectivity index (χ2v) is 9.96. The highest BCUT2D eigenvalue weighted by molar-refractivity contribution is 9.10. The van der Waals surface area contributed by atoms with Gasteiger partial charge in [-0.2, -0.15) is 0 Å². The lowest BCUT2D eigenvalue weighted by Gasteiger charge is -2.15. The van der Waals surface area contributed by atoms with Gasteiger partial charge in [-0.1, -0.05) is 41.9 Å². The molecule has 3 aromatic rings. The fourth-order valence-corrected chi connectivity index (χ4v) is 4.99. The van der Waals surface area contributed by atoms with Crippen LogP contribution in [0.1, 0.15) is 18.1 Å². The van der Waals surface area contributed by atoms with E-state index in [2.05, 4.69) is 15.9 Å². The molecule has 1 aliphatic rings. The van der Waals surface area contributed by atoms with Crippen LogP contribution in [0.4, 0.5) is 4.79 Å². The molecule has 0 atom stereocenters. The Labute approximate surface area is 227 Å². The van der Waals surface area contributed by atoms with Crippen molar-refractivity contribution in [2.45, 2.75) is 13.5 Å². The maximum Gasteiger partial charge on any atom is 0.293 e. The van der Waals surface area contributed by atoms with Gasteiger partial charge in [-0.05, 0) is 88.2 Å². The molecule has 0 N–H and O–H groups in total. The maximum absolute atomic E-state index is 12.9. The number of hydrogen-bond acceptors (Lipinski definition) is 6. The van der Waals surface area contributed by atoms with Crippen molar-refractivity contribution in [3.8, 4) is 17.2 Å². The van der Waals surface area contributed by atoms with Crippen LogP contribution in [0, 0.1) is 0 Å². The number of benzene rings is 3. The van der Waals surface area contributed by atoms with Gasteiger partial charge in [0.25, 0.3) is 11.1 Å². The van der Waals surface area contributed by atoms with Crippen molar-refractivity contribution in [1.29, 1.82) is 0 Å². The molecule has 0 saturated carbocycles. The predicted molar refractivity (Wildman–Crippen MR) is 146 cm³/mol. The average molecular weight is 589 g/mol. The number of imide groups is 1. The van der Waals surface area contributed by atoms with Crippen molar-refractivity contribution >= 4 is 56.5 Å². The van der Waals surface area contributed by atoms with E-state index >= 15 is 0 Å². The number of halogens is 2. The molecule has 36 heavy (non-hydrogen) atoms. The summed E-state index contributed by atoms with van der Waals surface area (Å²) in [7, 11) is 0. The summed E-state index contributed by atoms with van der Waals surface area (Å²) < 4.78 is 18.1. The lowest BCUT2D eigenvalue weighted by Crippen LogP contribution is -2.32. The standard InChI is InChI=1S/C27H23BrClNO5S/c1-2-33-23-15-19(14-22(28)25(23)35-17-18-8-10-20(29)11-9-18)16-24-26(31)30(27(32)36-24)12-13-34-21-6-4-3-5-7-21/h3-11,14-16H,2,12-13,17H2,1H3/b24-16-. The van der Waals surface area contributed by atoms with Gasteiger partial charge in [0.05, 0.1) is 22.5 Å².